The van der Waals surface area contributed by atoms with E-state index in [0.29, 0.717) is 48.0 Å². The lowest BCUT2D eigenvalue weighted by atomic mass is 9.73. The molecular weight excluding hydrogens is 575 g/mol. The van der Waals surface area contributed by atoms with E-state index in [1.165, 1.54) is 11.1 Å². The van der Waals surface area contributed by atoms with E-state index in [1.807, 2.05) is 53.4 Å². The van der Waals surface area contributed by atoms with Crippen molar-refractivity contribution in [2.75, 3.05) is 31.2 Å². The summed E-state index contributed by atoms with van der Waals surface area (Å²) < 4.78 is 5.41. The Bertz CT molecular complexity index is 1570. The van der Waals surface area contributed by atoms with Gasteiger partial charge in [0, 0.05) is 40.7 Å². The summed E-state index contributed by atoms with van der Waals surface area (Å²) in [6.45, 7) is 4.31. The summed E-state index contributed by atoms with van der Waals surface area (Å²) in [5.74, 6) is -0.0572. The average Bonchev–Trinajstić information content (AvgIpc) is 3.38. The van der Waals surface area contributed by atoms with Gasteiger partial charge in [-0.1, -0.05) is 54.4 Å². The summed E-state index contributed by atoms with van der Waals surface area (Å²) in [6.07, 6.45) is 3.80. The summed E-state index contributed by atoms with van der Waals surface area (Å²) >= 11 is 12.3. The first-order valence-corrected chi connectivity index (χ1v) is 14.8. The lowest BCUT2D eigenvalue weighted by Crippen LogP contribution is -2.36. The van der Waals surface area contributed by atoms with Gasteiger partial charge in [0.05, 0.1) is 29.9 Å². The van der Waals surface area contributed by atoms with Gasteiger partial charge in [0.15, 0.2) is 0 Å². The number of hydrazone groups is 1. The van der Waals surface area contributed by atoms with Crippen molar-refractivity contribution in [1.29, 1.82) is 0 Å². The SMILES string of the molecule is C[C@@H]1C/C(=C\c2ccc(Cl)cc2)C2=NN(C(=O)c3ccc(N4CCOCC4)c([N+](=O)[O-])c3)[C@@H](c3ccc(Cl)cc3)[C@H]2C1. The molecular formula is C32H30Cl2N4O4. The van der Waals surface area contributed by atoms with Crippen LogP contribution in [0.1, 0.15) is 47.3 Å². The molecule has 8 nitrogen and oxygen atoms in total. The van der Waals surface area contributed by atoms with E-state index in [1.54, 1.807) is 12.1 Å². The quantitative estimate of drug-likeness (QED) is 0.223. The van der Waals surface area contributed by atoms with Crippen LogP contribution in [0.25, 0.3) is 6.08 Å². The molecule has 0 unspecified atom stereocenters. The Hall–Kier alpha value is -3.72. The van der Waals surface area contributed by atoms with E-state index in [0.717, 1.165) is 35.3 Å². The molecule has 10 heteroatoms. The molecule has 2 fully saturated rings. The monoisotopic (exact) mass is 604 g/mol. The molecule has 1 aliphatic carbocycles. The highest BCUT2D eigenvalue weighted by atomic mass is 35.5. The molecule has 2 aliphatic heterocycles. The maximum Gasteiger partial charge on any atom is 0.293 e. The molecule has 3 aromatic carbocycles. The third-order valence-corrected chi connectivity index (χ3v) is 8.67. The summed E-state index contributed by atoms with van der Waals surface area (Å²) in [5.41, 5.74) is 4.46. The lowest BCUT2D eigenvalue weighted by molar-refractivity contribution is -0.384. The molecule has 1 saturated carbocycles. The van der Waals surface area contributed by atoms with E-state index >= 15 is 0 Å². The van der Waals surface area contributed by atoms with Crippen molar-refractivity contribution in [3.63, 3.8) is 0 Å². The number of nitro benzene ring substituents is 1. The van der Waals surface area contributed by atoms with Crippen molar-refractivity contribution in [2.45, 2.75) is 25.8 Å². The number of benzene rings is 3. The maximum absolute atomic E-state index is 14.2. The number of rotatable bonds is 5. The largest absolute Gasteiger partial charge is 0.378 e. The van der Waals surface area contributed by atoms with Crippen molar-refractivity contribution in [1.82, 2.24) is 5.01 Å². The zero-order valence-electron chi connectivity index (χ0n) is 23.1. The van der Waals surface area contributed by atoms with Gasteiger partial charge in [-0.15, -0.1) is 0 Å². The Kier molecular flexibility index (Phi) is 8.03. The van der Waals surface area contributed by atoms with Crippen LogP contribution in [0.5, 0.6) is 0 Å². The van der Waals surface area contributed by atoms with Crippen LogP contribution in [-0.4, -0.2) is 47.9 Å². The molecule has 3 aliphatic rings. The van der Waals surface area contributed by atoms with Crippen LogP contribution < -0.4 is 4.90 Å². The number of ether oxygens (including phenoxy) is 1. The van der Waals surface area contributed by atoms with E-state index in [-0.39, 0.29) is 29.1 Å². The van der Waals surface area contributed by atoms with Crippen molar-refractivity contribution < 1.29 is 14.5 Å². The van der Waals surface area contributed by atoms with Gasteiger partial charge in [-0.25, -0.2) is 5.01 Å². The third-order valence-electron chi connectivity index (χ3n) is 8.17. The molecule has 3 aromatic rings. The Balaban J connectivity index is 1.41. The summed E-state index contributed by atoms with van der Waals surface area (Å²) in [4.78, 5) is 27.8. The second kappa shape index (κ2) is 11.9. The number of morpholine rings is 1. The van der Waals surface area contributed by atoms with Gasteiger partial charge in [-0.2, -0.15) is 5.10 Å². The van der Waals surface area contributed by atoms with Gasteiger partial charge >= 0.3 is 0 Å². The summed E-state index contributed by atoms with van der Waals surface area (Å²) in [5, 5.41) is 19.9. The van der Waals surface area contributed by atoms with Gasteiger partial charge in [-0.05, 0) is 77.9 Å². The lowest BCUT2D eigenvalue weighted by Gasteiger charge is -2.32. The van der Waals surface area contributed by atoms with E-state index in [9.17, 15) is 14.9 Å². The number of fused-ring (bicyclic) bond motifs is 1. The van der Waals surface area contributed by atoms with Crippen molar-refractivity contribution in [2.24, 2.45) is 16.9 Å². The first-order valence-electron chi connectivity index (χ1n) is 14.0. The van der Waals surface area contributed by atoms with Gasteiger partial charge in [0.2, 0.25) is 0 Å². The molecule has 0 spiro atoms. The minimum atomic E-state index is -0.428. The number of carbonyl (C=O) groups is 1. The Morgan fingerprint density at radius 2 is 1.69 bits per heavy atom. The fourth-order valence-electron chi connectivity index (χ4n) is 6.22. The maximum atomic E-state index is 14.2. The van der Waals surface area contributed by atoms with E-state index < -0.39 is 4.92 Å². The second-order valence-electron chi connectivity index (χ2n) is 11.1. The number of halogens is 2. The van der Waals surface area contributed by atoms with Gasteiger partial charge in [0.1, 0.15) is 5.69 Å². The molecule has 0 aromatic heterocycles. The predicted molar refractivity (Wildman–Crippen MR) is 165 cm³/mol. The minimum absolute atomic E-state index is 0.0416. The van der Waals surface area contributed by atoms with Crippen molar-refractivity contribution in [3.05, 3.63) is 109 Å². The molecule has 2 heterocycles. The molecule has 216 valence electrons. The molecule has 1 amide bonds. The van der Waals surface area contributed by atoms with Crippen LogP contribution in [0.15, 0.2) is 77.4 Å². The first kappa shape index (κ1) is 28.4. The zero-order valence-corrected chi connectivity index (χ0v) is 24.6. The highest BCUT2D eigenvalue weighted by molar-refractivity contribution is 6.30. The average molecular weight is 606 g/mol. The topological polar surface area (TPSA) is 88.3 Å². The Morgan fingerprint density at radius 3 is 2.36 bits per heavy atom. The number of hydrogen-bond donors (Lipinski definition) is 0. The molecule has 42 heavy (non-hydrogen) atoms. The summed E-state index contributed by atoms with van der Waals surface area (Å²) in [7, 11) is 0. The van der Waals surface area contributed by atoms with E-state index in [4.69, 9.17) is 33.0 Å². The van der Waals surface area contributed by atoms with Crippen LogP contribution in [0.3, 0.4) is 0 Å². The van der Waals surface area contributed by atoms with Crippen LogP contribution in [0.2, 0.25) is 10.0 Å². The molecule has 3 atom stereocenters. The number of nitro groups is 1. The van der Waals surface area contributed by atoms with Crippen LogP contribution in [0, 0.1) is 22.0 Å². The van der Waals surface area contributed by atoms with Crippen LogP contribution >= 0.6 is 23.2 Å². The summed E-state index contributed by atoms with van der Waals surface area (Å²) in [6, 6.07) is 19.5. The minimum Gasteiger partial charge on any atom is -0.378 e. The smallest absolute Gasteiger partial charge is 0.293 e. The predicted octanol–water partition coefficient (Wildman–Crippen LogP) is 7.42. The molecule has 0 radical (unpaired) electrons. The van der Waals surface area contributed by atoms with Gasteiger partial charge < -0.3 is 9.64 Å². The normalized spacial score (nSPS) is 23.1. The van der Waals surface area contributed by atoms with Crippen molar-refractivity contribution in [3.8, 4) is 0 Å². The molecule has 1 saturated heterocycles. The number of hydrogen-bond acceptors (Lipinski definition) is 6. The zero-order chi connectivity index (χ0) is 29.4. The fourth-order valence-corrected chi connectivity index (χ4v) is 6.47. The third kappa shape index (κ3) is 5.67. The number of anilines is 1. The van der Waals surface area contributed by atoms with Crippen LogP contribution in [0.4, 0.5) is 11.4 Å². The number of nitrogens with zero attached hydrogens (tertiary/aromatic N) is 4. The highest BCUT2D eigenvalue weighted by Gasteiger charge is 2.45. The Labute approximate surface area is 254 Å². The highest BCUT2D eigenvalue weighted by Crippen LogP contribution is 2.47. The standard InChI is InChI=1S/C32H30Cl2N4O4/c1-20-16-24(18-21-2-7-25(33)8-3-21)30-27(17-20)31(22-4-9-26(34)10-5-22)37(35-30)32(39)23-6-11-28(29(19-23)38(40)41)36-12-14-42-15-13-36/h2-11,18-20,27,31H,12-17H2,1H3/b24-18+/t20-,27+,31+/m1/s1. The number of amides is 1. The van der Waals surface area contributed by atoms with E-state index in [2.05, 4.69) is 13.0 Å². The van der Waals surface area contributed by atoms with Gasteiger partial charge in [-0.3, -0.25) is 14.9 Å². The van der Waals surface area contributed by atoms with Crippen molar-refractivity contribution >= 4 is 52.3 Å². The molecule has 6 rings (SSSR count). The fraction of sp³-hybridized carbons (Fsp3) is 0.312. The number of allylic oxidation sites excluding steroid dienone is 1. The Morgan fingerprint density at radius 1 is 1.02 bits per heavy atom. The number of carbonyl (C=O) groups excluding carboxylic acids is 1. The molecule has 0 bridgehead atoms. The van der Waals surface area contributed by atoms with Gasteiger partial charge in [0.25, 0.3) is 11.6 Å². The second-order valence-corrected chi connectivity index (χ2v) is 11.9. The first-order chi connectivity index (χ1) is 20.3. The van der Waals surface area contributed by atoms with Crippen LogP contribution in [-0.2, 0) is 4.74 Å². The molecule has 0 N–H and O–H groups in total.